The van der Waals surface area contributed by atoms with E-state index in [4.69, 9.17) is 0 Å². The van der Waals surface area contributed by atoms with E-state index in [0.29, 0.717) is 0 Å². The topological polar surface area (TPSA) is 17.8 Å². The maximum Gasteiger partial charge on any atom is 0.0627 e. The van der Waals surface area contributed by atoms with Crippen molar-refractivity contribution in [3.8, 4) is 0 Å². The fraction of sp³-hybridized carbons (Fsp3) is 0.300. The highest BCUT2D eigenvalue weighted by molar-refractivity contribution is 5.44. The molecule has 64 valence electrons. The van der Waals surface area contributed by atoms with Gasteiger partial charge in [0.15, 0.2) is 0 Å². The minimum absolute atomic E-state index is 1.08. The highest BCUT2D eigenvalue weighted by atomic mass is 15.3. The molecule has 0 aliphatic heterocycles. The van der Waals surface area contributed by atoms with Crippen LogP contribution in [0.5, 0.6) is 0 Å². The number of allylic oxidation sites excluding steroid dienone is 3. The first-order valence-electron chi connectivity index (χ1n) is 3.97. The van der Waals surface area contributed by atoms with Crippen molar-refractivity contribution in [3.05, 3.63) is 36.2 Å². The molecule has 12 heavy (non-hydrogen) atoms. The lowest BCUT2D eigenvalue weighted by atomic mass is 10.3. The normalized spacial score (nSPS) is 11.8. The van der Waals surface area contributed by atoms with Crippen LogP contribution in [-0.2, 0) is 0 Å². The van der Waals surface area contributed by atoms with Crippen LogP contribution in [0.4, 0.5) is 0 Å². The first-order valence-corrected chi connectivity index (χ1v) is 3.97. The lowest BCUT2D eigenvalue weighted by molar-refractivity contribution is 0.877. The summed E-state index contributed by atoms with van der Waals surface area (Å²) in [5, 5.41) is 4.33. The van der Waals surface area contributed by atoms with Gasteiger partial charge in [-0.15, -0.1) is 0 Å². The van der Waals surface area contributed by atoms with Gasteiger partial charge in [-0.3, -0.25) is 0 Å². The van der Waals surface area contributed by atoms with Crippen molar-refractivity contribution in [2.75, 3.05) is 0 Å². The summed E-state index contributed by atoms with van der Waals surface area (Å²) in [6.07, 6.45) is 5.72. The van der Waals surface area contributed by atoms with E-state index in [2.05, 4.69) is 18.6 Å². The Kier molecular flexibility index (Phi) is 2.48. The molecule has 1 aromatic rings. The second kappa shape index (κ2) is 3.39. The summed E-state index contributed by atoms with van der Waals surface area (Å²) >= 11 is 0. The predicted octanol–water partition coefficient (Wildman–Crippen LogP) is 2.55. The fourth-order valence-electron chi connectivity index (χ4n) is 0.974. The molecule has 0 aliphatic carbocycles. The van der Waals surface area contributed by atoms with E-state index in [9.17, 15) is 0 Å². The minimum atomic E-state index is 1.08. The molecule has 1 heterocycles. The third-order valence-electron chi connectivity index (χ3n) is 1.86. The zero-order valence-corrected chi connectivity index (χ0v) is 7.83. The van der Waals surface area contributed by atoms with Gasteiger partial charge in [-0.1, -0.05) is 12.7 Å². The Morgan fingerprint density at radius 1 is 1.58 bits per heavy atom. The Balaban J connectivity index is 3.04. The van der Waals surface area contributed by atoms with Crippen molar-refractivity contribution in [2.24, 2.45) is 0 Å². The van der Waals surface area contributed by atoms with Gasteiger partial charge in [0.2, 0.25) is 0 Å². The van der Waals surface area contributed by atoms with Crippen molar-refractivity contribution in [3.63, 3.8) is 0 Å². The average molecular weight is 162 g/mol. The monoisotopic (exact) mass is 162 g/mol. The Hall–Kier alpha value is -1.31. The Bertz CT molecular complexity index is 299. The second-order valence-corrected chi connectivity index (χ2v) is 2.89. The molecule has 2 nitrogen and oxygen atoms in total. The molecule has 0 bridgehead atoms. The summed E-state index contributed by atoms with van der Waals surface area (Å²) in [5.74, 6) is 0. The molecule has 1 aromatic heterocycles. The summed E-state index contributed by atoms with van der Waals surface area (Å²) in [7, 11) is 0. The van der Waals surface area contributed by atoms with Crippen LogP contribution in [0.3, 0.4) is 0 Å². The molecule has 0 fully saturated rings. The standard InChI is InChI=1S/C10H14N2/c1-5-6-9(3)12-7-8(2)10(4)11-12/h5-7H,1H2,2-4H3/b9-6+. The molecule has 2 heteroatoms. The summed E-state index contributed by atoms with van der Waals surface area (Å²) in [4.78, 5) is 0. The number of hydrogen-bond acceptors (Lipinski definition) is 1. The van der Waals surface area contributed by atoms with E-state index in [0.717, 1.165) is 11.4 Å². The molecule has 0 aromatic carbocycles. The fourth-order valence-corrected chi connectivity index (χ4v) is 0.974. The third kappa shape index (κ3) is 1.64. The molecule has 0 saturated carbocycles. The average Bonchev–Trinajstić information content (AvgIpc) is 2.33. The number of aryl methyl sites for hydroxylation is 2. The maximum atomic E-state index is 4.33. The van der Waals surface area contributed by atoms with Gasteiger partial charge in [-0.2, -0.15) is 5.10 Å². The van der Waals surface area contributed by atoms with E-state index in [1.165, 1.54) is 5.56 Å². The van der Waals surface area contributed by atoms with Crippen LogP contribution in [0.1, 0.15) is 18.2 Å². The van der Waals surface area contributed by atoms with Crippen molar-refractivity contribution >= 4 is 5.70 Å². The Morgan fingerprint density at radius 2 is 2.25 bits per heavy atom. The highest BCUT2D eigenvalue weighted by Crippen LogP contribution is 2.08. The Labute approximate surface area is 73.2 Å². The lowest BCUT2D eigenvalue weighted by Gasteiger charge is -1.97. The van der Waals surface area contributed by atoms with Crippen LogP contribution >= 0.6 is 0 Å². The van der Waals surface area contributed by atoms with E-state index >= 15 is 0 Å². The SMILES string of the molecule is C=C/C=C(\C)n1cc(C)c(C)n1. The largest absolute Gasteiger partial charge is 0.245 e. The van der Waals surface area contributed by atoms with E-state index < -0.39 is 0 Å². The van der Waals surface area contributed by atoms with Crippen LogP contribution in [0.2, 0.25) is 0 Å². The number of nitrogens with zero attached hydrogens (tertiary/aromatic N) is 2. The molecule has 0 unspecified atom stereocenters. The zero-order valence-electron chi connectivity index (χ0n) is 7.83. The van der Waals surface area contributed by atoms with Crippen molar-refractivity contribution in [1.82, 2.24) is 9.78 Å². The van der Waals surface area contributed by atoms with Crippen LogP contribution < -0.4 is 0 Å². The second-order valence-electron chi connectivity index (χ2n) is 2.89. The van der Waals surface area contributed by atoms with Crippen molar-refractivity contribution in [1.29, 1.82) is 0 Å². The molecular weight excluding hydrogens is 148 g/mol. The maximum absolute atomic E-state index is 4.33. The van der Waals surface area contributed by atoms with Crippen LogP contribution in [-0.4, -0.2) is 9.78 Å². The highest BCUT2D eigenvalue weighted by Gasteiger charge is 1.99. The van der Waals surface area contributed by atoms with Gasteiger partial charge < -0.3 is 0 Å². The van der Waals surface area contributed by atoms with Crippen LogP contribution in [0, 0.1) is 13.8 Å². The lowest BCUT2D eigenvalue weighted by Crippen LogP contribution is -1.93. The number of aromatic nitrogens is 2. The van der Waals surface area contributed by atoms with Crippen LogP contribution in [0.15, 0.2) is 24.9 Å². The molecular formula is C10H14N2. The first-order chi connectivity index (χ1) is 5.65. The van der Waals surface area contributed by atoms with Crippen LogP contribution in [0.25, 0.3) is 5.70 Å². The molecule has 0 amide bonds. The molecule has 0 atom stereocenters. The van der Waals surface area contributed by atoms with Gasteiger partial charge in [0.25, 0.3) is 0 Å². The van der Waals surface area contributed by atoms with Gasteiger partial charge in [0.05, 0.1) is 5.69 Å². The minimum Gasteiger partial charge on any atom is -0.245 e. The third-order valence-corrected chi connectivity index (χ3v) is 1.86. The molecule has 0 saturated heterocycles. The van der Waals surface area contributed by atoms with Gasteiger partial charge in [0.1, 0.15) is 0 Å². The van der Waals surface area contributed by atoms with Gasteiger partial charge in [-0.25, -0.2) is 4.68 Å². The molecule has 0 aliphatic rings. The summed E-state index contributed by atoms with van der Waals surface area (Å²) in [5.41, 5.74) is 3.37. The van der Waals surface area contributed by atoms with Crippen molar-refractivity contribution in [2.45, 2.75) is 20.8 Å². The van der Waals surface area contributed by atoms with E-state index in [1.807, 2.05) is 30.8 Å². The Morgan fingerprint density at radius 3 is 2.67 bits per heavy atom. The summed E-state index contributed by atoms with van der Waals surface area (Å²) in [6.45, 7) is 9.71. The number of hydrogen-bond donors (Lipinski definition) is 0. The van der Waals surface area contributed by atoms with Gasteiger partial charge in [-0.05, 0) is 32.4 Å². The summed E-state index contributed by atoms with van der Waals surface area (Å²) in [6, 6.07) is 0. The molecule has 0 N–H and O–H groups in total. The smallest absolute Gasteiger partial charge is 0.0627 e. The predicted molar refractivity (Wildman–Crippen MR) is 51.8 cm³/mol. The number of rotatable bonds is 2. The quantitative estimate of drug-likeness (QED) is 0.611. The molecule has 0 radical (unpaired) electrons. The zero-order chi connectivity index (χ0) is 9.14. The molecule has 1 rings (SSSR count). The van der Waals surface area contributed by atoms with Crippen molar-refractivity contribution < 1.29 is 0 Å². The first kappa shape index (κ1) is 8.78. The van der Waals surface area contributed by atoms with E-state index in [-0.39, 0.29) is 0 Å². The van der Waals surface area contributed by atoms with Gasteiger partial charge >= 0.3 is 0 Å². The van der Waals surface area contributed by atoms with Gasteiger partial charge in [0, 0.05) is 11.9 Å². The molecule has 0 spiro atoms. The summed E-state index contributed by atoms with van der Waals surface area (Å²) < 4.78 is 1.87. The van der Waals surface area contributed by atoms with E-state index in [1.54, 1.807) is 6.08 Å².